The highest BCUT2D eigenvalue weighted by Crippen LogP contribution is 2.24. The molecule has 1 fully saturated rings. The molecule has 0 bridgehead atoms. The zero-order chi connectivity index (χ0) is 22.5. The average Bonchev–Trinajstić information content (AvgIpc) is 2.84. The standard InChI is InChI=1S/C26H26N4O2/c1-19-17-24(8-3-21(19)18-27)30-15-13-29(14-16-30)23-9-6-22(7-10-23)28-26(31)20-4-11-25(32-2)12-5-20/h3-12,17H,13-16H2,1-2H3,(H,28,31). The topological polar surface area (TPSA) is 68.6 Å². The van der Waals surface area contributed by atoms with Crippen molar-refractivity contribution in [3.8, 4) is 11.8 Å². The van der Waals surface area contributed by atoms with Crippen LogP contribution in [0.15, 0.2) is 66.7 Å². The summed E-state index contributed by atoms with van der Waals surface area (Å²) in [6.07, 6.45) is 0. The quantitative estimate of drug-likeness (QED) is 0.653. The second kappa shape index (κ2) is 9.44. The van der Waals surface area contributed by atoms with Crippen molar-refractivity contribution in [3.63, 3.8) is 0 Å². The lowest BCUT2D eigenvalue weighted by molar-refractivity contribution is 0.102. The van der Waals surface area contributed by atoms with Crippen LogP contribution >= 0.6 is 0 Å². The van der Waals surface area contributed by atoms with E-state index < -0.39 is 0 Å². The van der Waals surface area contributed by atoms with Crippen LogP contribution in [0.25, 0.3) is 0 Å². The number of nitriles is 1. The fraction of sp³-hybridized carbons (Fsp3) is 0.231. The summed E-state index contributed by atoms with van der Waals surface area (Å²) in [4.78, 5) is 17.2. The first-order valence-corrected chi connectivity index (χ1v) is 10.6. The van der Waals surface area contributed by atoms with Gasteiger partial charge in [-0.25, -0.2) is 0 Å². The number of amides is 1. The van der Waals surface area contributed by atoms with Gasteiger partial charge in [0.05, 0.1) is 18.7 Å². The van der Waals surface area contributed by atoms with Crippen LogP contribution in [-0.4, -0.2) is 39.2 Å². The van der Waals surface area contributed by atoms with Crippen LogP contribution in [0.4, 0.5) is 17.1 Å². The lowest BCUT2D eigenvalue weighted by atomic mass is 10.1. The molecular weight excluding hydrogens is 400 g/mol. The van der Waals surface area contributed by atoms with Crippen LogP contribution in [0.5, 0.6) is 5.75 Å². The normalized spacial score (nSPS) is 13.4. The highest BCUT2D eigenvalue weighted by atomic mass is 16.5. The Morgan fingerprint density at radius 2 is 1.50 bits per heavy atom. The fourth-order valence-electron chi connectivity index (χ4n) is 3.89. The molecule has 0 aromatic heterocycles. The Hall–Kier alpha value is -3.98. The minimum atomic E-state index is -0.147. The van der Waals surface area contributed by atoms with Gasteiger partial charge in [0, 0.05) is 48.8 Å². The molecule has 162 valence electrons. The van der Waals surface area contributed by atoms with E-state index in [1.165, 1.54) is 0 Å². The Balaban J connectivity index is 1.34. The van der Waals surface area contributed by atoms with Gasteiger partial charge in [-0.05, 0) is 79.2 Å². The number of hydrogen-bond donors (Lipinski definition) is 1. The Kier molecular flexibility index (Phi) is 6.27. The Bertz CT molecular complexity index is 1130. The third-order valence-electron chi connectivity index (χ3n) is 5.82. The lowest BCUT2D eigenvalue weighted by Crippen LogP contribution is -2.46. The summed E-state index contributed by atoms with van der Waals surface area (Å²) in [7, 11) is 1.60. The summed E-state index contributed by atoms with van der Waals surface area (Å²) in [5.74, 6) is 0.576. The molecule has 6 heteroatoms. The van der Waals surface area contributed by atoms with Gasteiger partial charge in [-0.2, -0.15) is 5.26 Å². The molecule has 0 radical (unpaired) electrons. The summed E-state index contributed by atoms with van der Waals surface area (Å²) in [5.41, 5.74) is 5.40. The lowest BCUT2D eigenvalue weighted by Gasteiger charge is -2.37. The van der Waals surface area contributed by atoms with Gasteiger partial charge >= 0.3 is 0 Å². The number of hydrogen-bond acceptors (Lipinski definition) is 5. The third kappa shape index (κ3) is 4.68. The predicted octanol–water partition coefficient (Wildman–Crippen LogP) is 4.45. The molecule has 32 heavy (non-hydrogen) atoms. The van der Waals surface area contributed by atoms with Gasteiger partial charge in [0.1, 0.15) is 5.75 Å². The number of rotatable bonds is 5. The second-order valence-electron chi connectivity index (χ2n) is 7.81. The first-order chi connectivity index (χ1) is 15.6. The molecule has 0 spiro atoms. The summed E-state index contributed by atoms with van der Waals surface area (Å²) in [6, 6.07) is 23.3. The van der Waals surface area contributed by atoms with Crippen molar-refractivity contribution in [1.82, 2.24) is 0 Å². The minimum absolute atomic E-state index is 0.147. The highest BCUT2D eigenvalue weighted by molar-refractivity contribution is 6.04. The summed E-state index contributed by atoms with van der Waals surface area (Å²) < 4.78 is 5.13. The molecular formula is C26H26N4O2. The number of carbonyl (C=O) groups excluding carboxylic acids is 1. The van der Waals surface area contributed by atoms with Gasteiger partial charge in [-0.1, -0.05) is 0 Å². The molecule has 1 aliphatic rings. The second-order valence-corrected chi connectivity index (χ2v) is 7.81. The minimum Gasteiger partial charge on any atom is -0.497 e. The molecule has 6 nitrogen and oxygen atoms in total. The average molecular weight is 427 g/mol. The van der Waals surface area contributed by atoms with Crippen molar-refractivity contribution in [2.45, 2.75) is 6.92 Å². The summed E-state index contributed by atoms with van der Waals surface area (Å²) in [5, 5.41) is 12.1. The fourth-order valence-corrected chi connectivity index (χ4v) is 3.89. The summed E-state index contributed by atoms with van der Waals surface area (Å²) >= 11 is 0. The van der Waals surface area contributed by atoms with Crippen LogP contribution in [0.2, 0.25) is 0 Å². The van der Waals surface area contributed by atoms with E-state index in [2.05, 4.69) is 27.3 Å². The largest absolute Gasteiger partial charge is 0.497 e. The molecule has 0 unspecified atom stereocenters. The number of aryl methyl sites for hydroxylation is 1. The Morgan fingerprint density at radius 1 is 0.906 bits per heavy atom. The Morgan fingerprint density at radius 3 is 2.06 bits per heavy atom. The maximum absolute atomic E-state index is 12.4. The van der Waals surface area contributed by atoms with Gasteiger partial charge in [0.25, 0.3) is 5.91 Å². The zero-order valence-electron chi connectivity index (χ0n) is 18.3. The van der Waals surface area contributed by atoms with Crippen molar-refractivity contribution < 1.29 is 9.53 Å². The Labute approximate surface area is 188 Å². The predicted molar refractivity (Wildman–Crippen MR) is 128 cm³/mol. The number of carbonyl (C=O) groups is 1. The molecule has 1 heterocycles. The molecule has 1 aliphatic heterocycles. The number of benzene rings is 3. The van der Waals surface area contributed by atoms with Crippen LogP contribution in [0.1, 0.15) is 21.5 Å². The maximum Gasteiger partial charge on any atom is 0.255 e. The van der Waals surface area contributed by atoms with Crippen molar-refractivity contribution in [2.75, 3.05) is 48.4 Å². The van der Waals surface area contributed by atoms with E-state index >= 15 is 0 Å². The van der Waals surface area contributed by atoms with Crippen molar-refractivity contribution in [3.05, 3.63) is 83.4 Å². The number of nitrogens with zero attached hydrogens (tertiary/aromatic N) is 3. The molecule has 1 amide bonds. The molecule has 3 aromatic carbocycles. The molecule has 0 atom stereocenters. The maximum atomic E-state index is 12.4. The SMILES string of the molecule is COc1ccc(C(=O)Nc2ccc(N3CCN(c4ccc(C#N)c(C)c4)CC3)cc2)cc1. The number of ether oxygens (including phenoxy) is 1. The first kappa shape index (κ1) is 21.3. The van der Waals surface area contributed by atoms with Gasteiger partial charge in [-0.3, -0.25) is 4.79 Å². The van der Waals surface area contributed by atoms with E-state index in [0.717, 1.165) is 60.1 Å². The van der Waals surface area contributed by atoms with Crippen LogP contribution < -0.4 is 19.9 Å². The van der Waals surface area contributed by atoms with Gasteiger partial charge in [0.2, 0.25) is 0 Å². The van der Waals surface area contributed by atoms with E-state index in [1.807, 2.05) is 43.3 Å². The van der Waals surface area contributed by atoms with Crippen LogP contribution in [0, 0.1) is 18.3 Å². The smallest absolute Gasteiger partial charge is 0.255 e. The third-order valence-corrected chi connectivity index (χ3v) is 5.82. The number of nitrogens with one attached hydrogen (secondary N) is 1. The molecule has 1 saturated heterocycles. The van der Waals surface area contributed by atoms with Gasteiger partial charge < -0.3 is 19.9 Å². The highest BCUT2D eigenvalue weighted by Gasteiger charge is 2.18. The van der Waals surface area contributed by atoms with Crippen LogP contribution in [-0.2, 0) is 0 Å². The molecule has 0 saturated carbocycles. The van der Waals surface area contributed by atoms with Gasteiger partial charge in [0.15, 0.2) is 0 Å². The molecule has 4 rings (SSSR count). The molecule has 0 aliphatic carbocycles. The van der Waals surface area contributed by atoms with E-state index in [1.54, 1.807) is 31.4 Å². The number of anilines is 3. The zero-order valence-corrected chi connectivity index (χ0v) is 18.3. The van der Waals surface area contributed by atoms with E-state index in [9.17, 15) is 4.79 Å². The number of methoxy groups -OCH3 is 1. The van der Waals surface area contributed by atoms with E-state index in [0.29, 0.717) is 5.56 Å². The number of piperazine rings is 1. The van der Waals surface area contributed by atoms with Crippen molar-refractivity contribution >= 4 is 23.0 Å². The summed E-state index contributed by atoms with van der Waals surface area (Å²) in [6.45, 7) is 5.64. The van der Waals surface area contributed by atoms with Crippen LogP contribution in [0.3, 0.4) is 0 Å². The monoisotopic (exact) mass is 426 g/mol. The van der Waals surface area contributed by atoms with E-state index in [-0.39, 0.29) is 5.91 Å². The van der Waals surface area contributed by atoms with E-state index in [4.69, 9.17) is 10.00 Å². The molecule has 1 N–H and O–H groups in total. The van der Waals surface area contributed by atoms with Crippen molar-refractivity contribution in [1.29, 1.82) is 5.26 Å². The first-order valence-electron chi connectivity index (χ1n) is 10.6. The van der Waals surface area contributed by atoms with Gasteiger partial charge in [-0.15, -0.1) is 0 Å². The van der Waals surface area contributed by atoms with Crippen molar-refractivity contribution in [2.24, 2.45) is 0 Å². The molecule has 3 aromatic rings.